The fraction of sp³-hybridized carbons (Fsp3) is 0.161. The number of hydrogen-bond acceptors (Lipinski definition) is 7. The molecule has 0 atom stereocenters. The molecule has 2 aromatic heterocycles. The van der Waals surface area contributed by atoms with Gasteiger partial charge >= 0.3 is 12.4 Å². The van der Waals surface area contributed by atoms with Crippen LogP contribution in [-0.4, -0.2) is 53.5 Å². The van der Waals surface area contributed by atoms with Crippen molar-refractivity contribution in [1.29, 1.82) is 0 Å². The first-order valence-corrected chi connectivity index (χ1v) is 14.9. The topological polar surface area (TPSA) is 120 Å². The van der Waals surface area contributed by atoms with E-state index in [2.05, 4.69) is 30.1 Å². The first-order valence-electron chi connectivity index (χ1n) is 13.9. The number of urea groups is 1. The number of para-hydroxylation sites is 1. The zero-order valence-electron chi connectivity index (χ0n) is 24.3. The maximum atomic E-state index is 12.9. The molecule has 11 nitrogen and oxygen atoms in total. The highest BCUT2D eigenvalue weighted by molar-refractivity contribution is 8.15. The summed E-state index contributed by atoms with van der Waals surface area (Å²) in [6.45, 7) is 4.07. The Balaban J connectivity index is 1.22. The maximum absolute atomic E-state index is 12.9. The van der Waals surface area contributed by atoms with Gasteiger partial charge in [-0.05, 0) is 66.1 Å². The number of halogens is 3. The maximum Gasteiger partial charge on any atom is 0.573 e. The van der Waals surface area contributed by atoms with Gasteiger partial charge in [-0.15, -0.1) is 18.3 Å². The van der Waals surface area contributed by atoms with Crippen LogP contribution in [-0.2, 0) is 4.79 Å². The zero-order valence-corrected chi connectivity index (χ0v) is 25.2. The van der Waals surface area contributed by atoms with Crippen LogP contribution in [0.3, 0.4) is 0 Å². The van der Waals surface area contributed by atoms with Crippen molar-refractivity contribution in [2.45, 2.75) is 26.1 Å². The minimum atomic E-state index is -4.81. The van der Waals surface area contributed by atoms with Gasteiger partial charge in [-0.3, -0.25) is 14.3 Å². The highest BCUT2D eigenvalue weighted by atomic mass is 32.2. The third kappa shape index (κ3) is 6.63. The Morgan fingerprint density at radius 2 is 1.78 bits per heavy atom. The first kappa shape index (κ1) is 30.6. The summed E-state index contributed by atoms with van der Waals surface area (Å²) in [6, 6.07) is 18.9. The van der Waals surface area contributed by atoms with E-state index in [0.29, 0.717) is 39.6 Å². The Morgan fingerprint density at radius 3 is 2.46 bits per heavy atom. The van der Waals surface area contributed by atoms with E-state index in [4.69, 9.17) is 0 Å². The van der Waals surface area contributed by atoms with Crippen molar-refractivity contribution in [3.63, 3.8) is 0 Å². The van der Waals surface area contributed by atoms with Gasteiger partial charge in [-0.1, -0.05) is 43.8 Å². The number of anilines is 2. The number of carbonyl (C=O) groups excluding carboxylic acids is 2. The number of hydrogen-bond donors (Lipinski definition) is 1. The van der Waals surface area contributed by atoms with E-state index >= 15 is 0 Å². The number of thioether (sulfide) groups is 1. The Morgan fingerprint density at radius 1 is 1.04 bits per heavy atom. The molecule has 1 aliphatic rings. The molecule has 1 saturated heterocycles. The lowest BCUT2D eigenvalue weighted by Gasteiger charge is -2.21. The Bertz CT molecular complexity index is 1900. The first-order chi connectivity index (χ1) is 22.1. The fourth-order valence-electron chi connectivity index (χ4n) is 4.73. The number of aromatic nitrogens is 5. The van der Waals surface area contributed by atoms with E-state index in [0.717, 1.165) is 5.56 Å². The van der Waals surface area contributed by atoms with Crippen LogP contribution in [0.4, 0.5) is 29.3 Å². The van der Waals surface area contributed by atoms with Crippen molar-refractivity contribution in [3.05, 3.63) is 97.1 Å². The molecule has 15 heteroatoms. The van der Waals surface area contributed by atoms with Crippen LogP contribution >= 0.6 is 11.8 Å². The van der Waals surface area contributed by atoms with Crippen molar-refractivity contribution < 1.29 is 27.5 Å². The molecule has 1 aliphatic heterocycles. The molecule has 234 valence electrons. The van der Waals surface area contributed by atoms with Crippen molar-refractivity contribution in [2.75, 3.05) is 16.0 Å². The highest BCUT2D eigenvalue weighted by Crippen LogP contribution is 2.33. The standard InChI is InChI=1S/C31H25F3N8O3S/c1-19(2)24-5-3-4-6-25(24)41-26(43)17-46-30(41)38-28(44)36-21-9-7-20(8-10-21)27-37-29(40-16-15-35-18-40)42(39-27)22-11-13-23(14-12-22)45-31(32,33)34/h3-16,18-19H,17H2,1-2H3,(H,36,44). The molecule has 0 radical (unpaired) electrons. The van der Waals surface area contributed by atoms with E-state index in [1.165, 1.54) is 51.9 Å². The van der Waals surface area contributed by atoms with Crippen LogP contribution in [0.25, 0.3) is 23.0 Å². The molecule has 1 N–H and O–H groups in total. The van der Waals surface area contributed by atoms with Gasteiger partial charge in [0.2, 0.25) is 11.9 Å². The minimum Gasteiger partial charge on any atom is -0.406 e. The molecular weight excluding hydrogens is 621 g/mol. The number of benzene rings is 3. The SMILES string of the molecule is CC(C)c1ccccc1N1C(=O)CSC1=NC(=O)Nc1ccc(-c2nc(-n3ccnc3)n(-c3ccc(OC(F)(F)F)cc3)n2)cc1. The fourth-order valence-corrected chi connectivity index (χ4v) is 5.59. The molecule has 0 saturated carbocycles. The number of aliphatic imine (C=N–C) groups is 1. The van der Waals surface area contributed by atoms with E-state index in [-0.39, 0.29) is 23.3 Å². The van der Waals surface area contributed by atoms with Gasteiger partial charge < -0.3 is 10.1 Å². The normalized spacial score (nSPS) is 14.3. The van der Waals surface area contributed by atoms with E-state index in [1.807, 2.05) is 38.1 Å². The second kappa shape index (κ2) is 12.5. The van der Waals surface area contributed by atoms with Crippen molar-refractivity contribution in [3.8, 4) is 28.8 Å². The van der Waals surface area contributed by atoms with Crippen molar-refractivity contribution in [1.82, 2.24) is 24.3 Å². The number of nitrogens with one attached hydrogen (secondary N) is 1. The summed E-state index contributed by atoms with van der Waals surface area (Å²) in [6.07, 6.45) is -0.0756. The predicted molar refractivity (Wildman–Crippen MR) is 168 cm³/mol. The number of amides is 3. The van der Waals surface area contributed by atoms with Gasteiger partial charge in [0.05, 0.1) is 17.1 Å². The number of carbonyl (C=O) groups is 2. The van der Waals surface area contributed by atoms with E-state index in [1.54, 1.807) is 41.2 Å². The lowest BCUT2D eigenvalue weighted by molar-refractivity contribution is -0.274. The molecular formula is C31H25F3N8O3S. The molecule has 0 bridgehead atoms. The van der Waals surface area contributed by atoms with Crippen LogP contribution in [0.5, 0.6) is 5.75 Å². The smallest absolute Gasteiger partial charge is 0.406 e. The van der Waals surface area contributed by atoms with Gasteiger partial charge in [-0.25, -0.2) is 9.78 Å². The van der Waals surface area contributed by atoms with Crippen LogP contribution in [0.2, 0.25) is 0 Å². The van der Waals surface area contributed by atoms with E-state index < -0.39 is 12.4 Å². The number of amidine groups is 1. The van der Waals surface area contributed by atoms with Crippen molar-refractivity contribution >= 4 is 40.2 Å². The van der Waals surface area contributed by atoms with Crippen LogP contribution < -0.4 is 15.0 Å². The third-order valence-electron chi connectivity index (χ3n) is 6.80. The quantitative estimate of drug-likeness (QED) is 0.206. The molecule has 6 rings (SSSR count). The summed E-state index contributed by atoms with van der Waals surface area (Å²) < 4.78 is 44.9. The molecule has 3 heterocycles. The second-order valence-corrected chi connectivity index (χ2v) is 11.2. The largest absolute Gasteiger partial charge is 0.573 e. The van der Waals surface area contributed by atoms with Crippen LogP contribution in [0.1, 0.15) is 25.3 Å². The molecule has 46 heavy (non-hydrogen) atoms. The lowest BCUT2D eigenvalue weighted by Crippen LogP contribution is -2.31. The number of rotatable bonds is 7. The Hall–Kier alpha value is -5.44. The summed E-state index contributed by atoms with van der Waals surface area (Å²) in [5.41, 5.74) is 3.18. The van der Waals surface area contributed by atoms with Gasteiger partial charge in [-0.2, -0.15) is 14.7 Å². The number of imidazole rings is 1. The Kier molecular flexibility index (Phi) is 8.32. The summed E-state index contributed by atoms with van der Waals surface area (Å²) in [4.78, 5) is 40.0. The molecule has 3 amide bonds. The predicted octanol–water partition coefficient (Wildman–Crippen LogP) is 6.81. The monoisotopic (exact) mass is 646 g/mol. The summed E-state index contributed by atoms with van der Waals surface area (Å²) >= 11 is 1.20. The third-order valence-corrected chi connectivity index (χ3v) is 7.72. The number of alkyl halides is 3. The summed E-state index contributed by atoms with van der Waals surface area (Å²) in [7, 11) is 0. The summed E-state index contributed by atoms with van der Waals surface area (Å²) in [5.74, 6) is 0.490. The van der Waals surface area contributed by atoms with Crippen molar-refractivity contribution in [2.24, 2.45) is 4.99 Å². The minimum absolute atomic E-state index is 0.151. The van der Waals surface area contributed by atoms with Gasteiger partial charge in [0.15, 0.2) is 11.0 Å². The highest BCUT2D eigenvalue weighted by Gasteiger charge is 2.32. The molecule has 0 unspecified atom stereocenters. The average molecular weight is 647 g/mol. The lowest BCUT2D eigenvalue weighted by atomic mass is 10.0. The van der Waals surface area contributed by atoms with Crippen LogP contribution in [0, 0.1) is 0 Å². The van der Waals surface area contributed by atoms with Gasteiger partial charge in [0.1, 0.15) is 12.1 Å². The van der Waals surface area contributed by atoms with E-state index in [9.17, 15) is 22.8 Å². The second-order valence-electron chi connectivity index (χ2n) is 10.3. The molecule has 3 aromatic carbocycles. The zero-order chi connectivity index (χ0) is 32.4. The molecule has 1 fully saturated rings. The molecule has 5 aromatic rings. The van der Waals surface area contributed by atoms with Crippen LogP contribution in [0.15, 0.2) is 96.5 Å². The molecule has 0 spiro atoms. The summed E-state index contributed by atoms with van der Waals surface area (Å²) in [5, 5.41) is 7.61. The number of nitrogens with zero attached hydrogens (tertiary/aromatic N) is 7. The number of ether oxygens (including phenoxy) is 1. The van der Waals surface area contributed by atoms with Gasteiger partial charge in [0.25, 0.3) is 0 Å². The average Bonchev–Trinajstić information content (AvgIpc) is 3.78. The van der Waals surface area contributed by atoms with Gasteiger partial charge in [0, 0.05) is 23.6 Å². The molecule has 0 aliphatic carbocycles. The Labute approximate surface area is 264 Å².